The van der Waals surface area contributed by atoms with E-state index < -0.39 is 5.91 Å². The molecule has 5 nitrogen and oxygen atoms in total. The molecule has 1 amide bonds. The summed E-state index contributed by atoms with van der Waals surface area (Å²) < 4.78 is 2.04. The van der Waals surface area contributed by atoms with Gasteiger partial charge in [-0.3, -0.25) is 9.59 Å². The van der Waals surface area contributed by atoms with Crippen LogP contribution in [0.3, 0.4) is 0 Å². The fourth-order valence-corrected chi connectivity index (χ4v) is 3.58. The average molecular weight is 299 g/mol. The molecule has 3 rings (SSSR count). The molecule has 0 aliphatic heterocycles. The molecule has 0 saturated heterocycles. The highest BCUT2D eigenvalue weighted by atomic mass is 16.2. The van der Waals surface area contributed by atoms with Crippen LogP contribution in [-0.2, 0) is 0 Å². The van der Waals surface area contributed by atoms with E-state index in [1.807, 2.05) is 16.7 Å². The van der Waals surface area contributed by atoms with Gasteiger partial charge in [-0.1, -0.05) is 25.8 Å². The molecule has 2 atom stereocenters. The minimum atomic E-state index is -0.702. The zero-order chi connectivity index (χ0) is 15.9. The monoisotopic (exact) mass is 299 g/mol. The van der Waals surface area contributed by atoms with Gasteiger partial charge in [0.25, 0.3) is 5.91 Å². The topological polar surface area (TPSA) is 91.1 Å². The zero-order valence-electron chi connectivity index (χ0n) is 12.7. The van der Waals surface area contributed by atoms with Gasteiger partial charge >= 0.3 is 0 Å². The molecule has 4 N–H and O–H groups in total. The number of hydrogen-bond acceptors (Lipinski definition) is 3. The van der Waals surface area contributed by atoms with Crippen LogP contribution < -0.4 is 16.9 Å². The molecule has 1 aromatic heterocycles. The van der Waals surface area contributed by atoms with Crippen molar-refractivity contribution in [3.05, 3.63) is 40.2 Å². The second kappa shape index (κ2) is 5.48. The molecule has 0 radical (unpaired) electrons. The lowest BCUT2D eigenvalue weighted by Crippen LogP contribution is -2.28. The van der Waals surface area contributed by atoms with E-state index in [0.717, 1.165) is 24.8 Å². The van der Waals surface area contributed by atoms with Crippen LogP contribution in [0, 0.1) is 5.92 Å². The highest BCUT2D eigenvalue weighted by Crippen LogP contribution is 2.35. The largest absolute Gasteiger partial charge is 0.398 e. The Bertz CT molecular complexity index is 794. The number of anilines is 1. The van der Waals surface area contributed by atoms with Crippen LogP contribution >= 0.6 is 0 Å². The van der Waals surface area contributed by atoms with E-state index in [4.69, 9.17) is 11.5 Å². The third kappa shape index (κ3) is 2.26. The zero-order valence-corrected chi connectivity index (χ0v) is 12.7. The van der Waals surface area contributed by atoms with Crippen molar-refractivity contribution in [2.45, 2.75) is 38.6 Å². The highest BCUT2D eigenvalue weighted by molar-refractivity contribution is 5.99. The van der Waals surface area contributed by atoms with Crippen molar-refractivity contribution in [3.8, 4) is 0 Å². The molecule has 1 fully saturated rings. The van der Waals surface area contributed by atoms with Gasteiger partial charge in [0, 0.05) is 17.9 Å². The van der Waals surface area contributed by atoms with Gasteiger partial charge < -0.3 is 16.0 Å². The van der Waals surface area contributed by atoms with Crippen LogP contribution in [0.4, 0.5) is 5.69 Å². The van der Waals surface area contributed by atoms with Crippen molar-refractivity contribution in [3.63, 3.8) is 0 Å². The Morgan fingerprint density at radius 1 is 1.27 bits per heavy atom. The number of amides is 1. The molecule has 1 aliphatic carbocycles. The Labute approximate surface area is 128 Å². The SMILES string of the molecule is CC1CCCCC1n1cc(C(N)=O)c(=O)c2c(N)cccc21. The quantitative estimate of drug-likeness (QED) is 0.834. The summed E-state index contributed by atoms with van der Waals surface area (Å²) in [6.45, 7) is 2.21. The first-order chi connectivity index (χ1) is 10.5. The van der Waals surface area contributed by atoms with E-state index in [-0.39, 0.29) is 17.0 Å². The number of hydrogen-bond donors (Lipinski definition) is 2. The third-order valence-electron chi connectivity index (χ3n) is 4.78. The second-order valence-corrected chi connectivity index (χ2v) is 6.21. The van der Waals surface area contributed by atoms with Gasteiger partial charge in [0.15, 0.2) is 0 Å². The number of fused-ring (bicyclic) bond motifs is 1. The first-order valence-electron chi connectivity index (χ1n) is 7.74. The number of carbonyl (C=O) groups is 1. The predicted molar refractivity (Wildman–Crippen MR) is 87.8 cm³/mol. The second-order valence-electron chi connectivity index (χ2n) is 6.21. The molecule has 5 heteroatoms. The summed E-state index contributed by atoms with van der Waals surface area (Å²) in [6.07, 6.45) is 6.18. The van der Waals surface area contributed by atoms with E-state index in [1.165, 1.54) is 6.42 Å². The Hall–Kier alpha value is -2.30. The molecule has 1 aliphatic rings. The van der Waals surface area contributed by atoms with Gasteiger partial charge in [0.05, 0.1) is 10.9 Å². The molecule has 1 aromatic carbocycles. The molecule has 1 saturated carbocycles. The number of nitrogens with zero attached hydrogens (tertiary/aromatic N) is 1. The van der Waals surface area contributed by atoms with Crippen molar-refractivity contribution in [1.82, 2.24) is 4.57 Å². The summed E-state index contributed by atoms with van der Waals surface area (Å²) in [7, 11) is 0. The fourth-order valence-electron chi connectivity index (χ4n) is 3.58. The lowest BCUT2D eigenvalue weighted by atomic mass is 9.85. The van der Waals surface area contributed by atoms with Crippen LogP contribution in [0.15, 0.2) is 29.2 Å². The van der Waals surface area contributed by atoms with Gasteiger partial charge in [-0.25, -0.2) is 0 Å². The minimum absolute atomic E-state index is 0.0168. The summed E-state index contributed by atoms with van der Waals surface area (Å²) in [5.41, 5.74) is 12.2. The molecule has 0 bridgehead atoms. The summed E-state index contributed by atoms with van der Waals surface area (Å²) in [5, 5.41) is 0.400. The summed E-state index contributed by atoms with van der Waals surface area (Å²) in [6, 6.07) is 5.67. The summed E-state index contributed by atoms with van der Waals surface area (Å²) >= 11 is 0. The molecule has 2 aromatic rings. The van der Waals surface area contributed by atoms with Gasteiger partial charge in [0.1, 0.15) is 5.56 Å². The Morgan fingerprint density at radius 2 is 2.00 bits per heavy atom. The van der Waals surface area contributed by atoms with Crippen molar-refractivity contribution < 1.29 is 4.79 Å². The number of primary amides is 1. The number of benzene rings is 1. The van der Waals surface area contributed by atoms with E-state index in [1.54, 1.807) is 12.3 Å². The standard InChI is InChI=1S/C17H21N3O2/c1-10-5-2-3-7-13(10)20-9-11(17(19)22)16(21)15-12(18)6-4-8-14(15)20/h4,6,8-10,13H,2-3,5,7,18H2,1H3,(H2,19,22). The lowest BCUT2D eigenvalue weighted by Gasteiger charge is -2.32. The molecule has 22 heavy (non-hydrogen) atoms. The molecular formula is C17H21N3O2. The molecule has 116 valence electrons. The number of carbonyl (C=O) groups excluding carboxylic acids is 1. The molecule has 0 spiro atoms. The van der Waals surface area contributed by atoms with Gasteiger partial charge in [0.2, 0.25) is 5.43 Å². The van der Waals surface area contributed by atoms with Crippen LogP contribution in [0.2, 0.25) is 0 Å². The maximum absolute atomic E-state index is 12.5. The molecule has 1 heterocycles. The summed E-state index contributed by atoms with van der Waals surface area (Å²) in [4.78, 5) is 24.2. The number of aromatic nitrogens is 1. The van der Waals surface area contributed by atoms with Crippen molar-refractivity contribution in [2.75, 3.05) is 5.73 Å². The molecule has 2 unspecified atom stereocenters. The van der Waals surface area contributed by atoms with Gasteiger partial charge in [-0.15, -0.1) is 0 Å². The highest BCUT2D eigenvalue weighted by Gasteiger charge is 2.25. The van der Waals surface area contributed by atoms with Crippen molar-refractivity contribution in [2.24, 2.45) is 11.7 Å². The first kappa shape index (κ1) is 14.6. The summed E-state index contributed by atoms with van der Waals surface area (Å²) in [5.74, 6) is -0.214. The Kier molecular flexibility index (Phi) is 3.64. The van der Waals surface area contributed by atoms with Crippen LogP contribution in [-0.4, -0.2) is 10.5 Å². The minimum Gasteiger partial charge on any atom is -0.398 e. The van der Waals surface area contributed by atoms with E-state index in [0.29, 0.717) is 17.0 Å². The third-order valence-corrected chi connectivity index (χ3v) is 4.78. The Morgan fingerprint density at radius 3 is 2.68 bits per heavy atom. The number of pyridine rings is 1. The maximum Gasteiger partial charge on any atom is 0.254 e. The normalized spacial score (nSPS) is 21.9. The van der Waals surface area contributed by atoms with Crippen LogP contribution in [0.5, 0.6) is 0 Å². The number of nitrogen functional groups attached to an aromatic ring is 1. The number of rotatable bonds is 2. The Balaban J connectivity index is 2.33. The van der Waals surface area contributed by atoms with Crippen LogP contribution in [0.25, 0.3) is 10.9 Å². The molecular weight excluding hydrogens is 278 g/mol. The predicted octanol–water partition coefficient (Wildman–Crippen LogP) is 2.43. The van der Waals surface area contributed by atoms with Gasteiger partial charge in [-0.2, -0.15) is 0 Å². The van der Waals surface area contributed by atoms with E-state index >= 15 is 0 Å². The van der Waals surface area contributed by atoms with E-state index in [2.05, 4.69) is 6.92 Å². The smallest absolute Gasteiger partial charge is 0.254 e. The number of nitrogens with two attached hydrogens (primary N) is 2. The van der Waals surface area contributed by atoms with Crippen LogP contribution in [0.1, 0.15) is 49.0 Å². The van der Waals surface area contributed by atoms with Crippen molar-refractivity contribution in [1.29, 1.82) is 0 Å². The lowest BCUT2D eigenvalue weighted by molar-refractivity contribution is 0.0998. The maximum atomic E-state index is 12.5. The fraction of sp³-hybridized carbons (Fsp3) is 0.412. The van der Waals surface area contributed by atoms with E-state index in [9.17, 15) is 9.59 Å². The van der Waals surface area contributed by atoms with Crippen molar-refractivity contribution >= 4 is 22.5 Å². The van der Waals surface area contributed by atoms with Gasteiger partial charge in [-0.05, 0) is 30.9 Å². The first-order valence-corrected chi connectivity index (χ1v) is 7.74. The average Bonchev–Trinajstić information content (AvgIpc) is 2.48.